The van der Waals surface area contributed by atoms with Crippen LogP contribution in [0, 0.1) is 6.92 Å². The second-order valence-electron chi connectivity index (χ2n) is 3.36. The number of aryl methyl sites for hydroxylation is 1. The molecule has 14 heavy (non-hydrogen) atoms. The predicted octanol–water partition coefficient (Wildman–Crippen LogP) is 3.50. The van der Waals surface area contributed by atoms with Crippen molar-refractivity contribution in [3.05, 3.63) is 48.0 Å². The molecule has 1 nitrogen and oxygen atoms in total. The van der Waals surface area contributed by atoms with Crippen LogP contribution in [0.3, 0.4) is 0 Å². The van der Waals surface area contributed by atoms with Crippen LogP contribution in [-0.2, 0) is 0 Å². The minimum Gasteiger partial charge on any atom is -0.507 e. The molecule has 0 fully saturated rings. The topological polar surface area (TPSA) is 20.2 Å². The van der Waals surface area contributed by atoms with Crippen molar-refractivity contribution in [1.82, 2.24) is 0 Å². The summed E-state index contributed by atoms with van der Waals surface area (Å²) in [5, 5.41) is 12.1. The van der Waals surface area contributed by atoms with Gasteiger partial charge in [-0.15, -0.1) is 0 Å². The number of hydrogen-bond acceptors (Lipinski definition) is 1. The second-order valence-corrected chi connectivity index (χ2v) is 3.36. The van der Waals surface area contributed by atoms with Gasteiger partial charge in [0.15, 0.2) is 0 Å². The smallest absolute Gasteiger partial charge is 0.126 e. The number of rotatable bonds is 1. The molecule has 1 heteroatoms. The molecule has 70 valence electrons. The van der Waals surface area contributed by atoms with E-state index in [1.165, 1.54) is 0 Å². The third-order valence-corrected chi connectivity index (χ3v) is 2.52. The quantitative estimate of drug-likeness (QED) is 0.719. The molecule has 0 saturated heterocycles. The predicted molar refractivity (Wildman–Crippen MR) is 60.4 cm³/mol. The molecule has 0 radical (unpaired) electrons. The summed E-state index contributed by atoms with van der Waals surface area (Å²) >= 11 is 0. The summed E-state index contributed by atoms with van der Waals surface area (Å²) in [6.45, 7) is 5.60. The molecule has 0 amide bonds. The Labute approximate surface area is 83.3 Å². The van der Waals surface area contributed by atoms with Crippen LogP contribution in [0.25, 0.3) is 16.8 Å². The number of aromatic hydroxyl groups is 1. The monoisotopic (exact) mass is 184 g/mol. The molecule has 2 rings (SSSR count). The van der Waals surface area contributed by atoms with Crippen molar-refractivity contribution in [2.24, 2.45) is 0 Å². The third kappa shape index (κ3) is 1.18. The molecule has 0 unspecified atom stereocenters. The molecule has 2 aromatic carbocycles. The highest BCUT2D eigenvalue weighted by molar-refractivity contribution is 5.90. The Morgan fingerprint density at radius 1 is 1.29 bits per heavy atom. The summed E-state index contributed by atoms with van der Waals surface area (Å²) in [4.78, 5) is 0. The van der Waals surface area contributed by atoms with Crippen molar-refractivity contribution in [2.75, 3.05) is 0 Å². The van der Waals surface area contributed by atoms with Gasteiger partial charge in [0.25, 0.3) is 0 Å². The van der Waals surface area contributed by atoms with E-state index in [0.29, 0.717) is 5.75 Å². The Morgan fingerprint density at radius 2 is 2.00 bits per heavy atom. The van der Waals surface area contributed by atoms with Gasteiger partial charge in [-0.05, 0) is 29.3 Å². The third-order valence-electron chi connectivity index (χ3n) is 2.52. The first-order valence-electron chi connectivity index (χ1n) is 4.58. The van der Waals surface area contributed by atoms with Gasteiger partial charge in [-0.25, -0.2) is 0 Å². The Kier molecular flexibility index (Phi) is 2.01. The van der Waals surface area contributed by atoms with E-state index in [2.05, 4.69) is 6.58 Å². The molecule has 0 heterocycles. The molecule has 0 aliphatic rings. The Balaban J connectivity index is 2.91. The van der Waals surface area contributed by atoms with Crippen molar-refractivity contribution in [3.63, 3.8) is 0 Å². The van der Waals surface area contributed by atoms with Gasteiger partial charge in [0.05, 0.1) is 0 Å². The fraction of sp³-hybridized carbons (Fsp3) is 0.0769. The standard InChI is InChI=1S/C13H12O/c1-3-10-8-11-6-4-5-7-12(11)9(2)13(10)14/h3-8,14H,1H2,2H3. The van der Waals surface area contributed by atoms with Crippen LogP contribution < -0.4 is 0 Å². The summed E-state index contributed by atoms with van der Waals surface area (Å²) < 4.78 is 0. The maximum atomic E-state index is 9.82. The Morgan fingerprint density at radius 3 is 2.71 bits per heavy atom. The van der Waals surface area contributed by atoms with Crippen molar-refractivity contribution in [2.45, 2.75) is 6.92 Å². The summed E-state index contributed by atoms with van der Waals surface area (Å²) in [7, 11) is 0. The lowest BCUT2D eigenvalue weighted by molar-refractivity contribution is 0.471. The van der Waals surface area contributed by atoms with Crippen LogP contribution in [0.5, 0.6) is 5.75 Å². The summed E-state index contributed by atoms with van der Waals surface area (Å²) in [5.41, 5.74) is 1.71. The van der Waals surface area contributed by atoms with Crippen LogP contribution in [0.2, 0.25) is 0 Å². The van der Waals surface area contributed by atoms with Crippen LogP contribution >= 0.6 is 0 Å². The lowest BCUT2D eigenvalue weighted by atomic mass is 10.0. The van der Waals surface area contributed by atoms with Gasteiger partial charge in [0, 0.05) is 5.56 Å². The average Bonchev–Trinajstić information content (AvgIpc) is 2.23. The zero-order valence-corrected chi connectivity index (χ0v) is 8.12. The first-order chi connectivity index (χ1) is 6.74. The molecule has 0 bridgehead atoms. The first-order valence-corrected chi connectivity index (χ1v) is 4.58. The zero-order chi connectivity index (χ0) is 10.1. The van der Waals surface area contributed by atoms with Crippen LogP contribution in [-0.4, -0.2) is 5.11 Å². The van der Waals surface area contributed by atoms with E-state index < -0.39 is 0 Å². The highest BCUT2D eigenvalue weighted by atomic mass is 16.3. The van der Waals surface area contributed by atoms with Crippen molar-refractivity contribution in [1.29, 1.82) is 0 Å². The molecule has 0 aliphatic heterocycles. The molecule has 0 saturated carbocycles. The minimum atomic E-state index is 0.332. The van der Waals surface area contributed by atoms with Gasteiger partial charge < -0.3 is 5.11 Å². The fourth-order valence-electron chi connectivity index (χ4n) is 1.70. The molecule has 2 aromatic rings. The molecule has 0 aliphatic carbocycles. The molecule has 1 N–H and O–H groups in total. The van der Waals surface area contributed by atoms with Crippen LogP contribution in [0.1, 0.15) is 11.1 Å². The van der Waals surface area contributed by atoms with Crippen LogP contribution in [0.4, 0.5) is 0 Å². The summed E-state index contributed by atoms with van der Waals surface area (Å²) in [5.74, 6) is 0.332. The summed E-state index contributed by atoms with van der Waals surface area (Å²) in [6.07, 6.45) is 1.68. The van der Waals surface area contributed by atoms with Gasteiger partial charge >= 0.3 is 0 Å². The normalized spacial score (nSPS) is 10.4. The van der Waals surface area contributed by atoms with E-state index in [-0.39, 0.29) is 0 Å². The second kappa shape index (κ2) is 3.18. The molecule has 0 atom stereocenters. The number of benzene rings is 2. The Bertz CT molecular complexity index is 498. The number of fused-ring (bicyclic) bond motifs is 1. The fourth-order valence-corrected chi connectivity index (χ4v) is 1.70. The lowest BCUT2D eigenvalue weighted by Crippen LogP contribution is -1.83. The van der Waals surface area contributed by atoms with E-state index in [1.807, 2.05) is 37.3 Å². The highest BCUT2D eigenvalue weighted by Crippen LogP contribution is 2.30. The van der Waals surface area contributed by atoms with Crippen molar-refractivity contribution in [3.8, 4) is 5.75 Å². The number of hydrogen-bond donors (Lipinski definition) is 1. The van der Waals surface area contributed by atoms with Gasteiger partial charge in [-0.1, -0.05) is 36.9 Å². The number of phenols is 1. The Hall–Kier alpha value is -1.76. The highest BCUT2D eigenvalue weighted by Gasteiger charge is 2.05. The number of phenolic OH excluding ortho intramolecular Hbond substituents is 1. The largest absolute Gasteiger partial charge is 0.507 e. The van der Waals surface area contributed by atoms with Gasteiger partial charge in [-0.2, -0.15) is 0 Å². The van der Waals surface area contributed by atoms with E-state index in [1.54, 1.807) is 6.08 Å². The molecule has 0 spiro atoms. The SMILES string of the molecule is C=Cc1cc2ccccc2c(C)c1O. The molecular weight excluding hydrogens is 172 g/mol. The van der Waals surface area contributed by atoms with E-state index in [0.717, 1.165) is 21.9 Å². The zero-order valence-electron chi connectivity index (χ0n) is 8.12. The lowest BCUT2D eigenvalue weighted by Gasteiger charge is -2.07. The molecular formula is C13H12O. The summed E-state index contributed by atoms with van der Waals surface area (Å²) in [6, 6.07) is 9.96. The van der Waals surface area contributed by atoms with Gasteiger partial charge in [0.2, 0.25) is 0 Å². The van der Waals surface area contributed by atoms with E-state index in [4.69, 9.17) is 0 Å². The van der Waals surface area contributed by atoms with Gasteiger partial charge in [0.1, 0.15) is 5.75 Å². The minimum absolute atomic E-state index is 0.332. The van der Waals surface area contributed by atoms with E-state index in [9.17, 15) is 5.11 Å². The van der Waals surface area contributed by atoms with Crippen LogP contribution in [0.15, 0.2) is 36.9 Å². The first kappa shape index (κ1) is 8.82. The maximum Gasteiger partial charge on any atom is 0.126 e. The average molecular weight is 184 g/mol. The van der Waals surface area contributed by atoms with Gasteiger partial charge in [-0.3, -0.25) is 0 Å². The van der Waals surface area contributed by atoms with Crippen molar-refractivity contribution >= 4 is 16.8 Å². The maximum absolute atomic E-state index is 9.82. The van der Waals surface area contributed by atoms with Crippen molar-refractivity contribution < 1.29 is 5.11 Å². The van der Waals surface area contributed by atoms with E-state index >= 15 is 0 Å². The molecule has 0 aromatic heterocycles.